The molecule has 1 aromatic heterocycles. The molecule has 0 saturated heterocycles. The maximum Gasteiger partial charge on any atom is 0.419 e. The molecule has 32 heavy (non-hydrogen) atoms. The molecule has 7 heteroatoms. The van der Waals surface area contributed by atoms with Crippen LogP contribution in [0.1, 0.15) is 73.9 Å². The molecule has 0 aliphatic carbocycles. The standard InChI is InChI=1S/C23H29NO6.C2H6/c1-15-18(12-13-19(25)28-6)16(2)24(22(27)30-23(3,4)5)20(15)21(26)29-14-17-10-8-7-9-11-17;1-2/h7-11H,12-14H2,1-6H3;1-2H3. The summed E-state index contributed by atoms with van der Waals surface area (Å²) in [6, 6.07) is 9.28. The van der Waals surface area contributed by atoms with E-state index in [-0.39, 0.29) is 24.7 Å². The normalized spacial score (nSPS) is 10.6. The summed E-state index contributed by atoms with van der Waals surface area (Å²) < 4.78 is 16.9. The molecule has 2 aromatic rings. The fourth-order valence-electron chi connectivity index (χ4n) is 3.15. The highest BCUT2D eigenvalue weighted by atomic mass is 16.6. The highest BCUT2D eigenvalue weighted by Crippen LogP contribution is 2.26. The summed E-state index contributed by atoms with van der Waals surface area (Å²) >= 11 is 0. The molecule has 0 unspecified atom stereocenters. The molecule has 2 rings (SSSR count). The van der Waals surface area contributed by atoms with Gasteiger partial charge in [-0.3, -0.25) is 4.79 Å². The van der Waals surface area contributed by atoms with Crippen LogP contribution in [0.25, 0.3) is 0 Å². The zero-order valence-electron chi connectivity index (χ0n) is 20.4. The molecular formula is C25H35NO6. The predicted octanol–water partition coefficient (Wildman–Crippen LogP) is 5.38. The molecule has 7 nitrogen and oxygen atoms in total. The van der Waals surface area contributed by atoms with Crippen molar-refractivity contribution in [2.45, 2.75) is 73.5 Å². The van der Waals surface area contributed by atoms with Gasteiger partial charge in [0.05, 0.1) is 7.11 Å². The topological polar surface area (TPSA) is 83.8 Å². The van der Waals surface area contributed by atoms with Crippen molar-refractivity contribution in [3.05, 3.63) is 58.4 Å². The Morgan fingerprint density at radius 3 is 2.12 bits per heavy atom. The van der Waals surface area contributed by atoms with Gasteiger partial charge < -0.3 is 14.2 Å². The van der Waals surface area contributed by atoms with E-state index in [9.17, 15) is 14.4 Å². The Kier molecular flexibility index (Phi) is 10.2. The van der Waals surface area contributed by atoms with Gasteiger partial charge >= 0.3 is 18.0 Å². The molecule has 0 spiro atoms. The lowest BCUT2D eigenvalue weighted by molar-refractivity contribution is -0.140. The lowest BCUT2D eigenvalue weighted by Gasteiger charge is -2.21. The largest absolute Gasteiger partial charge is 0.469 e. The predicted molar refractivity (Wildman–Crippen MR) is 123 cm³/mol. The summed E-state index contributed by atoms with van der Waals surface area (Å²) in [5.74, 6) is -0.998. The zero-order chi connectivity index (χ0) is 24.5. The molecule has 1 heterocycles. The number of benzene rings is 1. The average Bonchev–Trinajstić information content (AvgIpc) is 3.01. The van der Waals surface area contributed by atoms with Crippen molar-refractivity contribution in [2.75, 3.05) is 7.11 Å². The fraction of sp³-hybridized carbons (Fsp3) is 0.480. The fourth-order valence-corrected chi connectivity index (χ4v) is 3.15. The van der Waals surface area contributed by atoms with Gasteiger partial charge in [-0.2, -0.15) is 0 Å². The van der Waals surface area contributed by atoms with E-state index in [1.54, 1.807) is 34.6 Å². The van der Waals surface area contributed by atoms with Gasteiger partial charge in [0.15, 0.2) is 0 Å². The van der Waals surface area contributed by atoms with Gasteiger partial charge in [-0.25, -0.2) is 14.2 Å². The number of carbonyl (C=O) groups excluding carboxylic acids is 3. The number of methoxy groups -OCH3 is 1. The van der Waals surface area contributed by atoms with Gasteiger partial charge in [-0.05, 0) is 57.7 Å². The molecule has 0 aliphatic heterocycles. The first-order chi connectivity index (χ1) is 15.0. The molecule has 1 aromatic carbocycles. The van der Waals surface area contributed by atoms with Crippen LogP contribution in [0.3, 0.4) is 0 Å². The van der Waals surface area contributed by atoms with Crippen LogP contribution in [0, 0.1) is 13.8 Å². The van der Waals surface area contributed by atoms with Gasteiger partial charge in [-0.1, -0.05) is 44.2 Å². The Labute approximate surface area is 190 Å². The van der Waals surface area contributed by atoms with Crippen molar-refractivity contribution in [1.29, 1.82) is 0 Å². The molecular weight excluding hydrogens is 410 g/mol. The van der Waals surface area contributed by atoms with Gasteiger partial charge in [0.2, 0.25) is 0 Å². The Morgan fingerprint density at radius 2 is 1.59 bits per heavy atom. The van der Waals surface area contributed by atoms with E-state index in [1.165, 1.54) is 11.7 Å². The highest BCUT2D eigenvalue weighted by molar-refractivity contribution is 5.95. The van der Waals surface area contributed by atoms with E-state index < -0.39 is 17.7 Å². The first-order valence-corrected chi connectivity index (χ1v) is 10.8. The number of nitrogens with zero attached hydrogens (tertiary/aromatic N) is 1. The molecule has 0 aliphatic rings. The SMILES string of the molecule is CC.COC(=O)CCc1c(C)c(C(=O)OCc2ccccc2)n(C(=O)OC(C)(C)C)c1C. The van der Waals surface area contributed by atoms with Crippen molar-refractivity contribution in [1.82, 2.24) is 4.57 Å². The van der Waals surface area contributed by atoms with Crippen LogP contribution in [0.4, 0.5) is 4.79 Å². The van der Waals surface area contributed by atoms with Crippen LogP contribution in [0.5, 0.6) is 0 Å². The molecule has 176 valence electrons. The van der Waals surface area contributed by atoms with Gasteiger partial charge in [0.1, 0.15) is 17.9 Å². The Bertz CT molecular complexity index is 922. The van der Waals surface area contributed by atoms with Crippen molar-refractivity contribution in [3.63, 3.8) is 0 Å². The third-order valence-corrected chi connectivity index (χ3v) is 4.59. The maximum atomic E-state index is 12.9. The third-order valence-electron chi connectivity index (χ3n) is 4.59. The summed E-state index contributed by atoms with van der Waals surface area (Å²) in [6.45, 7) is 12.8. The summed E-state index contributed by atoms with van der Waals surface area (Å²) in [5.41, 5.74) is 2.05. The monoisotopic (exact) mass is 445 g/mol. The lowest BCUT2D eigenvalue weighted by atomic mass is 10.1. The van der Waals surface area contributed by atoms with E-state index in [1.807, 2.05) is 44.2 Å². The van der Waals surface area contributed by atoms with Gasteiger partial charge in [0.25, 0.3) is 0 Å². The van der Waals surface area contributed by atoms with Crippen LogP contribution in [0.15, 0.2) is 30.3 Å². The Hall–Kier alpha value is -3.09. The van der Waals surface area contributed by atoms with Crippen molar-refractivity contribution >= 4 is 18.0 Å². The summed E-state index contributed by atoms with van der Waals surface area (Å²) in [5, 5.41) is 0. The minimum atomic E-state index is -0.737. The van der Waals surface area contributed by atoms with Crippen LogP contribution >= 0.6 is 0 Å². The number of hydrogen-bond acceptors (Lipinski definition) is 6. The van der Waals surface area contributed by atoms with Gasteiger partial charge in [0, 0.05) is 12.1 Å². The van der Waals surface area contributed by atoms with Crippen molar-refractivity contribution < 1.29 is 28.6 Å². The molecule has 0 amide bonds. The molecule has 0 radical (unpaired) electrons. The number of aromatic nitrogens is 1. The first-order valence-electron chi connectivity index (χ1n) is 10.8. The summed E-state index contributed by atoms with van der Waals surface area (Å²) in [4.78, 5) is 37.4. The van der Waals surface area contributed by atoms with E-state index in [0.29, 0.717) is 17.7 Å². The summed E-state index contributed by atoms with van der Waals surface area (Å²) in [6.07, 6.45) is -0.201. The number of carbonyl (C=O) groups is 3. The summed E-state index contributed by atoms with van der Waals surface area (Å²) in [7, 11) is 1.32. The molecule has 0 bridgehead atoms. The quantitative estimate of drug-likeness (QED) is 0.439. The van der Waals surface area contributed by atoms with E-state index in [2.05, 4.69) is 0 Å². The molecule has 0 saturated carbocycles. The number of hydrogen-bond donors (Lipinski definition) is 0. The van der Waals surface area contributed by atoms with E-state index >= 15 is 0 Å². The van der Waals surface area contributed by atoms with E-state index in [0.717, 1.165) is 11.1 Å². The maximum absolute atomic E-state index is 12.9. The third kappa shape index (κ3) is 7.25. The molecule has 0 N–H and O–H groups in total. The smallest absolute Gasteiger partial charge is 0.419 e. The molecule has 0 fully saturated rings. The van der Waals surface area contributed by atoms with Gasteiger partial charge in [-0.15, -0.1) is 0 Å². The first kappa shape index (κ1) is 26.9. The van der Waals surface area contributed by atoms with Crippen LogP contribution < -0.4 is 0 Å². The lowest BCUT2D eigenvalue weighted by Crippen LogP contribution is -2.30. The second kappa shape index (κ2) is 12.1. The average molecular weight is 446 g/mol. The Balaban J connectivity index is 0.00000249. The number of ether oxygens (including phenoxy) is 3. The second-order valence-corrected chi connectivity index (χ2v) is 7.99. The van der Waals surface area contributed by atoms with E-state index in [4.69, 9.17) is 14.2 Å². The van der Waals surface area contributed by atoms with Crippen molar-refractivity contribution in [2.24, 2.45) is 0 Å². The number of esters is 2. The zero-order valence-corrected chi connectivity index (χ0v) is 20.4. The highest BCUT2D eigenvalue weighted by Gasteiger charge is 2.30. The van der Waals surface area contributed by atoms with Crippen LogP contribution in [-0.2, 0) is 32.0 Å². The van der Waals surface area contributed by atoms with Crippen LogP contribution in [0.2, 0.25) is 0 Å². The molecule has 0 atom stereocenters. The Morgan fingerprint density at radius 1 is 1.00 bits per heavy atom. The minimum Gasteiger partial charge on any atom is -0.469 e. The van der Waals surface area contributed by atoms with Crippen LogP contribution in [-0.4, -0.2) is 35.3 Å². The second-order valence-electron chi connectivity index (χ2n) is 7.99. The number of rotatable bonds is 6. The van der Waals surface area contributed by atoms with Crippen molar-refractivity contribution in [3.8, 4) is 0 Å². The minimum absolute atomic E-state index is 0.0785.